The molecule has 22 heavy (non-hydrogen) atoms. The van der Waals surface area contributed by atoms with Gasteiger partial charge in [-0.05, 0) is 24.3 Å². The molecule has 1 aliphatic carbocycles. The summed E-state index contributed by atoms with van der Waals surface area (Å²) in [6, 6.07) is 9.70. The summed E-state index contributed by atoms with van der Waals surface area (Å²) in [5.74, 6) is 0.764. The van der Waals surface area contributed by atoms with E-state index in [4.69, 9.17) is 10.5 Å². The fraction of sp³-hybridized carbons (Fsp3) is 0.444. The zero-order valence-electron chi connectivity index (χ0n) is 13.4. The molecule has 1 aromatic heterocycles. The first-order valence-corrected chi connectivity index (χ1v) is 7.50. The fourth-order valence-corrected chi connectivity index (χ4v) is 3.92. The second-order valence-corrected chi connectivity index (χ2v) is 7.24. The maximum Gasteiger partial charge on any atom is 0.129 e. The third-order valence-corrected chi connectivity index (χ3v) is 5.05. The van der Waals surface area contributed by atoms with Gasteiger partial charge in [-0.25, -0.2) is 0 Å². The number of fused-ring (bicyclic) bond motifs is 1. The van der Waals surface area contributed by atoms with Gasteiger partial charge in [0.1, 0.15) is 17.9 Å². The number of pyridine rings is 1. The summed E-state index contributed by atoms with van der Waals surface area (Å²) in [5, 5.41) is 10.1. The summed E-state index contributed by atoms with van der Waals surface area (Å²) in [7, 11) is 0. The third-order valence-electron chi connectivity index (χ3n) is 5.05. The molecule has 1 fully saturated rings. The van der Waals surface area contributed by atoms with Crippen molar-refractivity contribution in [2.45, 2.75) is 39.8 Å². The summed E-state index contributed by atoms with van der Waals surface area (Å²) >= 11 is 0. The van der Waals surface area contributed by atoms with E-state index in [2.05, 4.69) is 38.7 Å². The van der Waals surface area contributed by atoms with Crippen LogP contribution in [0.2, 0.25) is 0 Å². The van der Waals surface area contributed by atoms with Crippen LogP contribution in [-0.4, -0.2) is 17.1 Å². The predicted molar refractivity (Wildman–Crippen MR) is 86.4 cm³/mol. The Hall–Kier alpha value is -2.12. The zero-order valence-corrected chi connectivity index (χ0v) is 13.4. The first-order chi connectivity index (χ1) is 10.3. The zero-order chi connectivity index (χ0) is 16.1. The van der Waals surface area contributed by atoms with Crippen LogP contribution in [0, 0.1) is 22.2 Å². The molecule has 1 aromatic carbocycles. The van der Waals surface area contributed by atoms with Gasteiger partial charge < -0.3 is 10.5 Å². The minimum atomic E-state index is -0.0913. The Labute approximate surface area is 130 Å². The van der Waals surface area contributed by atoms with Crippen LogP contribution in [0.3, 0.4) is 0 Å². The molecule has 3 rings (SSSR count). The molecule has 2 N–H and O–H groups in total. The van der Waals surface area contributed by atoms with Gasteiger partial charge in [0.25, 0.3) is 0 Å². The molecule has 4 heteroatoms. The van der Waals surface area contributed by atoms with Crippen LogP contribution in [0.4, 0.5) is 0 Å². The van der Waals surface area contributed by atoms with Crippen molar-refractivity contribution < 1.29 is 4.74 Å². The number of hydrogen-bond donors (Lipinski definition) is 1. The topological polar surface area (TPSA) is 71.9 Å². The summed E-state index contributed by atoms with van der Waals surface area (Å²) in [6.45, 7) is 8.55. The van der Waals surface area contributed by atoms with E-state index in [-0.39, 0.29) is 23.0 Å². The maximum atomic E-state index is 9.22. The van der Waals surface area contributed by atoms with Crippen LogP contribution in [-0.2, 0) is 0 Å². The van der Waals surface area contributed by atoms with Crippen LogP contribution < -0.4 is 10.5 Å². The third kappa shape index (κ3) is 1.89. The van der Waals surface area contributed by atoms with Crippen molar-refractivity contribution in [1.82, 2.24) is 4.98 Å². The molecule has 1 heterocycles. The summed E-state index contributed by atoms with van der Waals surface area (Å²) in [6.07, 6.45) is 1.71. The van der Waals surface area contributed by atoms with Crippen molar-refractivity contribution in [3.8, 4) is 11.8 Å². The van der Waals surface area contributed by atoms with Gasteiger partial charge in [-0.3, -0.25) is 4.98 Å². The van der Waals surface area contributed by atoms with Crippen LogP contribution >= 0.6 is 0 Å². The Bertz CT molecular complexity index is 757. The number of aromatic nitrogens is 1. The minimum absolute atomic E-state index is 0.0198. The second-order valence-electron chi connectivity index (χ2n) is 7.24. The van der Waals surface area contributed by atoms with Crippen molar-refractivity contribution in [1.29, 1.82) is 5.26 Å². The van der Waals surface area contributed by atoms with Crippen LogP contribution in [0.15, 0.2) is 30.5 Å². The van der Waals surface area contributed by atoms with Crippen LogP contribution in [0.25, 0.3) is 10.9 Å². The van der Waals surface area contributed by atoms with Gasteiger partial charge in [0, 0.05) is 28.5 Å². The molecule has 0 unspecified atom stereocenters. The lowest BCUT2D eigenvalue weighted by molar-refractivity contribution is -0.154. The molecule has 1 aliphatic rings. The quantitative estimate of drug-likeness (QED) is 0.923. The monoisotopic (exact) mass is 295 g/mol. The summed E-state index contributed by atoms with van der Waals surface area (Å²) < 4.78 is 6.33. The smallest absolute Gasteiger partial charge is 0.129 e. The lowest BCUT2D eigenvalue weighted by atomic mass is 9.50. The fourth-order valence-electron chi connectivity index (χ4n) is 3.92. The highest BCUT2D eigenvalue weighted by Crippen LogP contribution is 2.54. The molecule has 0 radical (unpaired) electrons. The van der Waals surface area contributed by atoms with Gasteiger partial charge in [-0.15, -0.1) is 0 Å². The number of hydrogen-bond acceptors (Lipinski definition) is 4. The second kappa shape index (κ2) is 4.69. The van der Waals surface area contributed by atoms with E-state index in [1.165, 1.54) is 0 Å². The van der Waals surface area contributed by atoms with E-state index in [1.54, 1.807) is 12.3 Å². The van der Waals surface area contributed by atoms with E-state index in [0.29, 0.717) is 11.1 Å². The van der Waals surface area contributed by atoms with Crippen molar-refractivity contribution >= 4 is 10.9 Å². The lowest BCUT2D eigenvalue weighted by Crippen LogP contribution is -2.72. The number of nitrogens with two attached hydrogens (primary N) is 1. The molecular weight excluding hydrogens is 274 g/mol. The van der Waals surface area contributed by atoms with Gasteiger partial charge in [0.05, 0.1) is 11.1 Å². The molecule has 2 aromatic rings. The average Bonchev–Trinajstić information content (AvgIpc) is 2.51. The average molecular weight is 295 g/mol. The molecular formula is C18H21N3O. The number of ether oxygens (including phenoxy) is 1. The molecule has 0 bridgehead atoms. The highest BCUT2D eigenvalue weighted by molar-refractivity contribution is 5.89. The first-order valence-electron chi connectivity index (χ1n) is 7.50. The largest absolute Gasteiger partial charge is 0.488 e. The lowest BCUT2D eigenvalue weighted by Gasteiger charge is -2.61. The maximum absolute atomic E-state index is 9.22. The van der Waals surface area contributed by atoms with Crippen LogP contribution in [0.5, 0.6) is 5.75 Å². The Morgan fingerprint density at radius 2 is 1.86 bits per heavy atom. The van der Waals surface area contributed by atoms with E-state index in [0.717, 1.165) is 11.1 Å². The van der Waals surface area contributed by atoms with E-state index < -0.39 is 0 Å². The molecule has 0 amide bonds. The van der Waals surface area contributed by atoms with Crippen molar-refractivity contribution in [2.75, 3.05) is 0 Å². The normalized spacial score (nSPS) is 25.3. The van der Waals surface area contributed by atoms with Crippen molar-refractivity contribution in [3.63, 3.8) is 0 Å². The minimum Gasteiger partial charge on any atom is -0.488 e. The van der Waals surface area contributed by atoms with Gasteiger partial charge in [0.2, 0.25) is 0 Å². The number of benzene rings is 1. The van der Waals surface area contributed by atoms with Gasteiger partial charge >= 0.3 is 0 Å². The van der Waals surface area contributed by atoms with E-state index >= 15 is 0 Å². The Balaban J connectivity index is 2.05. The molecule has 0 atom stereocenters. The Kier molecular flexibility index (Phi) is 3.15. The molecule has 4 nitrogen and oxygen atoms in total. The Morgan fingerprint density at radius 3 is 2.50 bits per heavy atom. The summed E-state index contributed by atoms with van der Waals surface area (Å²) in [4.78, 5) is 4.32. The number of rotatable bonds is 2. The highest BCUT2D eigenvalue weighted by atomic mass is 16.5. The number of nitrogens with zero attached hydrogens (tertiary/aromatic N) is 2. The molecule has 0 saturated heterocycles. The first kappa shape index (κ1) is 14.8. The molecule has 114 valence electrons. The predicted octanol–water partition coefficient (Wildman–Crippen LogP) is 3.25. The Morgan fingerprint density at radius 1 is 1.18 bits per heavy atom. The molecule has 1 saturated carbocycles. The standard InChI is InChI=1S/C18H21N3O/c1-17(2)15(20)18(3,4)16(17)22-13-8-7-11(10-19)14-12(13)6-5-9-21-14/h5-9,15-16H,20H2,1-4H3. The van der Waals surface area contributed by atoms with Gasteiger partial charge in [0.15, 0.2) is 0 Å². The van der Waals surface area contributed by atoms with E-state index in [9.17, 15) is 5.26 Å². The molecule has 0 spiro atoms. The summed E-state index contributed by atoms with van der Waals surface area (Å²) in [5.41, 5.74) is 7.36. The van der Waals surface area contributed by atoms with Gasteiger partial charge in [-0.2, -0.15) is 5.26 Å². The molecule has 0 aliphatic heterocycles. The number of nitriles is 1. The SMILES string of the molecule is CC1(C)C(N)C(C)(C)C1Oc1ccc(C#N)c2ncccc12. The van der Waals surface area contributed by atoms with Crippen molar-refractivity contribution in [2.24, 2.45) is 16.6 Å². The van der Waals surface area contributed by atoms with Gasteiger partial charge in [-0.1, -0.05) is 27.7 Å². The van der Waals surface area contributed by atoms with Crippen molar-refractivity contribution in [3.05, 3.63) is 36.0 Å². The van der Waals surface area contributed by atoms with Crippen LogP contribution in [0.1, 0.15) is 33.3 Å². The van der Waals surface area contributed by atoms with E-state index in [1.807, 2.05) is 18.2 Å². The highest BCUT2D eigenvalue weighted by Gasteiger charge is 2.61.